The van der Waals surface area contributed by atoms with Crippen molar-refractivity contribution in [3.63, 3.8) is 0 Å². The highest BCUT2D eigenvalue weighted by molar-refractivity contribution is 5.96. The lowest BCUT2D eigenvalue weighted by molar-refractivity contribution is -0.144. The smallest absolute Gasteiger partial charge is 0.326 e. The number of rotatable bonds is 33. The molecule has 1 rings (SSSR count). The SMILES string of the molecule is CC[C@H](C)[C@H](NC(=O)CNC(=O)CN(CCNC(=O)[C@H](C)NC(=O)[C@H](CC(C)C)NC(=O)[C@@H](N)CCC(=O)O)Cc1ccccc1)C(=O)N[C@@H](CC(C)C)C(=O)N[C@H](C(=O)N[C@H](C(=O)O)C(C)C)[C@@H](C)O. The van der Waals surface area contributed by atoms with E-state index in [1.165, 1.54) is 13.8 Å². The zero-order valence-electron chi connectivity index (χ0n) is 42.8. The molecule has 0 saturated heterocycles. The van der Waals surface area contributed by atoms with E-state index < -0.39 is 126 Å². The van der Waals surface area contributed by atoms with Gasteiger partial charge in [0.15, 0.2) is 0 Å². The molecule has 23 nitrogen and oxygen atoms in total. The zero-order valence-corrected chi connectivity index (χ0v) is 42.8. The minimum Gasteiger partial charge on any atom is -0.481 e. The van der Waals surface area contributed by atoms with E-state index in [0.717, 1.165) is 5.56 Å². The van der Waals surface area contributed by atoms with Crippen molar-refractivity contribution in [2.45, 2.75) is 156 Å². The van der Waals surface area contributed by atoms with E-state index in [2.05, 4.69) is 42.5 Å². The van der Waals surface area contributed by atoms with Gasteiger partial charge in [0.25, 0.3) is 0 Å². The third-order valence-electron chi connectivity index (χ3n) is 11.3. The molecule has 400 valence electrons. The molecule has 0 heterocycles. The molecule has 0 bridgehead atoms. The van der Waals surface area contributed by atoms with Gasteiger partial charge in [0.05, 0.1) is 25.2 Å². The average Bonchev–Trinajstić information content (AvgIpc) is 3.28. The Hall–Kier alpha value is -6.20. The first kappa shape index (κ1) is 62.8. The Morgan fingerprint density at radius 1 is 0.620 bits per heavy atom. The minimum absolute atomic E-state index is 0.0366. The van der Waals surface area contributed by atoms with Gasteiger partial charge in [-0.2, -0.15) is 0 Å². The zero-order chi connectivity index (χ0) is 54.1. The number of carbonyl (C=O) groups excluding carboxylic acids is 8. The van der Waals surface area contributed by atoms with Crippen LogP contribution in [0.3, 0.4) is 0 Å². The first-order valence-electron chi connectivity index (χ1n) is 24.2. The van der Waals surface area contributed by atoms with E-state index in [4.69, 9.17) is 10.8 Å². The molecule has 0 radical (unpaired) electrons. The summed E-state index contributed by atoms with van der Waals surface area (Å²) in [4.78, 5) is 130. The molecule has 1 aromatic carbocycles. The third-order valence-corrected chi connectivity index (χ3v) is 11.3. The average molecular weight is 1010 g/mol. The second kappa shape index (κ2) is 31.9. The molecule has 0 aromatic heterocycles. The number of amides is 8. The number of hydrogen-bond donors (Lipinski definition) is 12. The fourth-order valence-corrected chi connectivity index (χ4v) is 7.06. The number of aliphatic hydroxyl groups is 1. The second-order valence-electron chi connectivity index (χ2n) is 19.1. The van der Waals surface area contributed by atoms with Crippen LogP contribution in [0.5, 0.6) is 0 Å². The van der Waals surface area contributed by atoms with Gasteiger partial charge in [0, 0.05) is 26.1 Å². The fourth-order valence-electron chi connectivity index (χ4n) is 7.06. The molecule has 0 fully saturated rings. The van der Waals surface area contributed by atoms with E-state index in [0.29, 0.717) is 6.42 Å². The first-order chi connectivity index (χ1) is 33.2. The Labute approximate surface area is 416 Å². The van der Waals surface area contributed by atoms with Crippen LogP contribution in [0, 0.1) is 23.7 Å². The molecule has 0 unspecified atom stereocenters. The Morgan fingerprint density at radius 3 is 1.66 bits per heavy atom. The van der Waals surface area contributed by atoms with Gasteiger partial charge in [-0.1, -0.05) is 92.1 Å². The Kier molecular flexibility index (Phi) is 28.2. The lowest BCUT2D eigenvalue weighted by Crippen LogP contribution is -2.61. The van der Waals surface area contributed by atoms with E-state index in [1.807, 2.05) is 44.2 Å². The summed E-state index contributed by atoms with van der Waals surface area (Å²) in [6.07, 6.45) is -1.15. The standard InChI is InChI=1S/C48H80N10O13/c1-11-29(8)40(46(68)54-35(22-27(4)5)45(67)57-41(31(10)59)47(69)56-39(28(6)7)48(70)71)55-36(60)23-51-37(61)25-58(24-32-15-13-12-14-16-32)20-19-50-42(64)30(9)52-44(66)34(21-26(2)3)53-43(65)33(49)17-18-38(62)63/h12-16,26-31,33-35,39-41,59H,11,17-25,49H2,1-10H3,(H,50,64)(H,51,61)(H,52,66)(H,53,65)(H,54,68)(H,55,60)(H,56,69)(H,57,67)(H,62,63)(H,70,71)/t29-,30-,31+,33-,34-,35-,39-,40-,41-/m0/s1. The van der Waals surface area contributed by atoms with Gasteiger partial charge < -0.3 is 63.6 Å². The predicted molar refractivity (Wildman–Crippen MR) is 262 cm³/mol. The topological polar surface area (TPSA) is 357 Å². The first-order valence-corrected chi connectivity index (χ1v) is 24.2. The maximum Gasteiger partial charge on any atom is 0.326 e. The molecule has 0 aliphatic heterocycles. The van der Waals surface area contributed by atoms with Crippen molar-refractivity contribution in [2.24, 2.45) is 29.4 Å². The molecule has 8 amide bonds. The number of aliphatic carboxylic acids is 2. The van der Waals surface area contributed by atoms with Crippen molar-refractivity contribution >= 4 is 59.2 Å². The van der Waals surface area contributed by atoms with Crippen LogP contribution in [0.4, 0.5) is 0 Å². The number of hydrogen-bond acceptors (Lipinski definition) is 13. The van der Waals surface area contributed by atoms with Crippen molar-refractivity contribution in [2.75, 3.05) is 26.2 Å². The van der Waals surface area contributed by atoms with Gasteiger partial charge in [0.2, 0.25) is 47.3 Å². The summed E-state index contributed by atoms with van der Waals surface area (Å²) in [6, 6.07) is 0.690. The molecule has 13 N–H and O–H groups in total. The Balaban J connectivity index is 3.02. The predicted octanol–water partition coefficient (Wildman–Crippen LogP) is -0.899. The maximum atomic E-state index is 13.8. The van der Waals surface area contributed by atoms with Gasteiger partial charge in [-0.3, -0.25) is 48.1 Å². The number of nitrogens with two attached hydrogens (primary N) is 1. The van der Waals surface area contributed by atoms with Gasteiger partial charge in [-0.05, 0) is 62.3 Å². The highest BCUT2D eigenvalue weighted by Gasteiger charge is 2.35. The molecule has 1 aromatic rings. The van der Waals surface area contributed by atoms with E-state index in [1.54, 1.807) is 46.4 Å². The lowest BCUT2D eigenvalue weighted by atomic mass is 9.96. The molecule has 0 aliphatic carbocycles. The number of aliphatic hydroxyl groups excluding tert-OH is 1. The summed E-state index contributed by atoms with van der Waals surface area (Å²) in [6.45, 7) is 16.4. The number of carbonyl (C=O) groups is 10. The van der Waals surface area contributed by atoms with E-state index in [9.17, 15) is 58.2 Å². The van der Waals surface area contributed by atoms with Gasteiger partial charge >= 0.3 is 11.9 Å². The fraction of sp³-hybridized carbons (Fsp3) is 0.667. The van der Waals surface area contributed by atoms with Crippen molar-refractivity contribution in [3.8, 4) is 0 Å². The molecule has 0 saturated carbocycles. The quantitative estimate of drug-likeness (QED) is 0.0406. The summed E-state index contributed by atoms with van der Waals surface area (Å²) in [7, 11) is 0. The molecule has 0 spiro atoms. The largest absolute Gasteiger partial charge is 0.481 e. The second-order valence-corrected chi connectivity index (χ2v) is 19.1. The molecular weight excluding hydrogens is 925 g/mol. The third kappa shape index (κ3) is 24.5. The van der Waals surface area contributed by atoms with Crippen LogP contribution in [0.1, 0.15) is 107 Å². The summed E-state index contributed by atoms with van der Waals surface area (Å²) in [5.41, 5.74) is 6.68. The summed E-state index contributed by atoms with van der Waals surface area (Å²) in [5, 5.41) is 49.4. The summed E-state index contributed by atoms with van der Waals surface area (Å²) in [5.74, 6) is -9.18. The van der Waals surface area contributed by atoms with Crippen molar-refractivity contribution < 1.29 is 63.3 Å². The maximum absolute atomic E-state index is 13.8. The number of carboxylic acid groups (broad SMARTS) is 2. The van der Waals surface area contributed by atoms with Crippen LogP contribution in [-0.2, 0) is 54.5 Å². The van der Waals surface area contributed by atoms with Crippen molar-refractivity contribution in [1.82, 2.24) is 47.4 Å². The van der Waals surface area contributed by atoms with Crippen LogP contribution < -0.4 is 48.3 Å². The number of nitrogens with one attached hydrogen (secondary N) is 8. The number of nitrogens with zero attached hydrogens (tertiary/aromatic N) is 1. The molecule has 71 heavy (non-hydrogen) atoms. The molecular formula is C48H80N10O13. The molecule has 23 heteroatoms. The van der Waals surface area contributed by atoms with Crippen LogP contribution in [0.25, 0.3) is 0 Å². The van der Waals surface area contributed by atoms with Gasteiger partial charge in [0.1, 0.15) is 36.3 Å². The van der Waals surface area contributed by atoms with E-state index >= 15 is 0 Å². The summed E-state index contributed by atoms with van der Waals surface area (Å²) >= 11 is 0. The Morgan fingerprint density at radius 2 is 1.15 bits per heavy atom. The minimum atomic E-state index is -1.56. The van der Waals surface area contributed by atoms with Crippen molar-refractivity contribution in [1.29, 1.82) is 0 Å². The van der Waals surface area contributed by atoms with Crippen LogP contribution >= 0.6 is 0 Å². The van der Waals surface area contributed by atoms with Crippen LogP contribution in [0.15, 0.2) is 30.3 Å². The van der Waals surface area contributed by atoms with Crippen molar-refractivity contribution in [3.05, 3.63) is 35.9 Å². The lowest BCUT2D eigenvalue weighted by Gasteiger charge is -2.29. The van der Waals surface area contributed by atoms with Gasteiger partial charge in [-0.15, -0.1) is 0 Å². The van der Waals surface area contributed by atoms with Crippen LogP contribution in [0.2, 0.25) is 0 Å². The number of benzene rings is 1. The number of carboxylic acids is 2. The molecule has 0 aliphatic rings. The summed E-state index contributed by atoms with van der Waals surface area (Å²) < 4.78 is 0. The highest BCUT2D eigenvalue weighted by Crippen LogP contribution is 2.13. The Bertz CT molecular complexity index is 1930. The van der Waals surface area contributed by atoms with Crippen LogP contribution in [-0.4, -0.2) is 154 Å². The normalized spacial score (nSPS) is 15.2. The van der Waals surface area contributed by atoms with Gasteiger partial charge in [-0.25, -0.2) is 4.79 Å². The monoisotopic (exact) mass is 1000 g/mol. The molecule has 9 atom stereocenters. The van der Waals surface area contributed by atoms with E-state index in [-0.39, 0.29) is 63.7 Å². The highest BCUT2D eigenvalue weighted by atomic mass is 16.4.